The molecule has 0 aliphatic heterocycles. The largest absolute Gasteiger partial charge is 0.434 e. The van der Waals surface area contributed by atoms with E-state index in [-0.39, 0.29) is 15.4 Å². The maximum absolute atomic E-state index is 12.5. The predicted octanol–water partition coefficient (Wildman–Crippen LogP) is 3.02. The normalized spacial score (nSPS) is 11.6. The van der Waals surface area contributed by atoms with Gasteiger partial charge in [0.05, 0.1) is 4.47 Å². The van der Waals surface area contributed by atoms with Crippen molar-refractivity contribution >= 4 is 33.5 Å². The average Bonchev–Trinajstić information content (AvgIpc) is 2.16. The highest BCUT2D eigenvalue weighted by Crippen LogP contribution is 2.37. The fraction of sp³-hybridized carbons (Fsp3) is 0.429. The molecule has 1 aromatic rings. The number of anilines is 1. The number of rotatable bonds is 2. The monoisotopic (exact) mass is 301 g/mol. The van der Waals surface area contributed by atoms with E-state index >= 15 is 0 Å². The number of halogens is 4. The van der Waals surface area contributed by atoms with E-state index in [1.807, 2.05) is 0 Å². The Bertz CT molecular complexity index is 369. The molecular weight excluding hydrogens is 295 g/mol. The summed E-state index contributed by atoms with van der Waals surface area (Å²) in [7, 11) is 1.50. The first-order valence-electron chi connectivity index (χ1n) is 3.76. The summed E-state index contributed by atoms with van der Waals surface area (Å²) in [6.07, 6.45) is -2.87. The van der Waals surface area contributed by atoms with Crippen molar-refractivity contribution in [2.75, 3.05) is 18.6 Å². The van der Waals surface area contributed by atoms with Crippen LogP contribution in [0, 0.1) is 0 Å². The molecule has 1 rings (SSSR count). The highest BCUT2D eigenvalue weighted by atomic mass is 79.9. The van der Waals surface area contributed by atoms with E-state index in [0.29, 0.717) is 0 Å². The zero-order valence-electron chi connectivity index (χ0n) is 7.81. The molecule has 0 bridgehead atoms. The molecule has 0 saturated carbocycles. The lowest BCUT2D eigenvalue weighted by Gasteiger charge is -2.12. The summed E-state index contributed by atoms with van der Waals surface area (Å²) in [4.78, 5) is 7.29. The number of aromatic nitrogens is 2. The smallest absolute Gasteiger partial charge is 0.372 e. The van der Waals surface area contributed by atoms with Gasteiger partial charge in [0.2, 0.25) is 0 Å². The molecule has 15 heavy (non-hydrogen) atoms. The second-order valence-corrected chi connectivity index (χ2v) is 4.04. The Morgan fingerprint density at radius 2 is 1.93 bits per heavy atom. The van der Waals surface area contributed by atoms with Crippen LogP contribution in [0.3, 0.4) is 0 Å². The molecule has 0 amide bonds. The molecule has 0 atom stereocenters. The molecule has 1 heterocycles. The van der Waals surface area contributed by atoms with E-state index in [1.165, 1.54) is 7.05 Å². The molecule has 0 aliphatic rings. The number of alkyl halides is 3. The Morgan fingerprint density at radius 3 is 2.33 bits per heavy atom. The van der Waals surface area contributed by atoms with E-state index < -0.39 is 11.9 Å². The summed E-state index contributed by atoms with van der Waals surface area (Å²) < 4.78 is 37.4. The van der Waals surface area contributed by atoms with Crippen LogP contribution >= 0.6 is 27.7 Å². The van der Waals surface area contributed by atoms with Crippen LogP contribution in [0.2, 0.25) is 0 Å². The van der Waals surface area contributed by atoms with Gasteiger partial charge in [0, 0.05) is 7.05 Å². The van der Waals surface area contributed by atoms with Gasteiger partial charge in [-0.3, -0.25) is 0 Å². The Kier molecular flexibility index (Phi) is 3.82. The molecule has 1 aromatic heterocycles. The molecule has 0 aromatic carbocycles. The van der Waals surface area contributed by atoms with Gasteiger partial charge < -0.3 is 5.32 Å². The zero-order chi connectivity index (χ0) is 11.6. The Balaban J connectivity index is 3.37. The highest BCUT2D eigenvalue weighted by Gasteiger charge is 2.37. The first-order valence-corrected chi connectivity index (χ1v) is 5.78. The van der Waals surface area contributed by atoms with Crippen LogP contribution < -0.4 is 5.32 Å². The van der Waals surface area contributed by atoms with Crippen LogP contribution in [-0.2, 0) is 6.18 Å². The van der Waals surface area contributed by atoms with Crippen molar-refractivity contribution in [1.82, 2.24) is 9.97 Å². The summed E-state index contributed by atoms with van der Waals surface area (Å²) in [5.41, 5.74) is -0.966. The second kappa shape index (κ2) is 4.56. The second-order valence-electron chi connectivity index (χ2n) is 2.47. The predicted molar refractivity (Wildman–Crippen MR) is 56.1 cm³/mol. The number of nitrogens with zero attached hydrogens (tertiary/aromatic N) is 2. The molecule has 0 aliphatic carbocycles. The van der Waals surface area contributed by atoms with Gasteiger partial charge in [-0.05, 0) is 22.2 Å². The fourth-order valence-electron chi connectivity index (χ4n) is 0.871. The summed E-state index contributed by atoms with van der Waals surface area (Å²) >= 11 is 3.88. The van der Waals surface area contributed by atoms with Gasteiger partial charge in [-0.15, -0.1) is 0 Å². The first-order chi connectivity index (χ1) is 6.90. The molecule has 3 nitrogen and oxygen atoms in total. The van der Waals surface area contributed by atoms with E-state index in [0.717, 1.165) is 11.8 Å². The third kappa shape index (κ3) is 2.75. The van der Waals surface area contributed by atoms with Crippen molar-refractivity contribution in [3.63, 3.8) is 0 Å². The minimum absolute atomic E-state index is 0.0786. The minimum Gasteiger partial charge on any atom is -0.372 e. The summed E-state index contributed by atoms with van der Waals surface area (Å²) in [5.74, 6) is 0.127. The SMILES string of the molecule is CNc1nc(SC)nc(C(F)(F)F)c1Br. The molecule has 0 radical (unpaired) electrons. The maximum Gasteiger partial charge on any atom is 0.434 e. The van der Waals surface area contributed by atoms with Gasteiger partial charge in [0.1, 0.15) is 5.82 Å². The van der Waals surface area contributed by atoms with E-state index in [1.54, 1.807) is 6.26 Å². The van der Waals surface area contributed by atoms with Gasteiger partial charge in [-0.25, -0.2) is 9.97 Å². The first kappa shape index (κ1) is 12.6. The quantitative estimate of drug-likeness (QED) is 0.673. The van der Waals surface area contributed by atoms with Crippen LogP contribution in [0.15, 0.2) is 9.63 Å². The lowest BCUT2D eigenvalue weighted by atomic mass is 10.4. The lowest BCUT2D eigenvalue weighted by Crippen LogP contribution is -2.12. The third-order valence-corrected chi connectivity index (χ3v) is 2.82. The summed E-state index contributed by atoms with van der Waals surface area (Å²) in [6, 6.07) is 0. The molecule has 0 spiro atoms. The molecule has 0 unspecified atom stereocenters. The van der Waals surface area contributed by atoms with Crippen molar-refractivity contribution in [3.8, 4) is 0 Å². The Hall–Kier alpha value is -0.500. The summed E-state index contributed by atoms with van der Waals surface area (Å²) in [5, 5.41) is 2.65. The lowest BCUT2D eigenvalue weighted by molar-refractivity contribution is -0.142. The zero-order valence-corrected chi connectivity index (χ0v) is 10.2. The van der Waals surface area contributed by atoms with Gasteiger partial charge in [0.15, 0.2) is 10.9 Å². The van der Waals surface area contributed by atoms with Crippen LogP contribution in [0.5, 0.6) is 0 Å². The Labute approximate surface area is 97.0 Å². The van der Waals surface area contributed by atoms with Crippen LogP contribution in [0.1, 0.15) is 5.69 Å². The van der Waals surface area contributed by atoms with Gasteiger partial charge in [-0.2, -0.15) is 13.2 Å². The van der Waals surface area contributed by atoms with Crippen LogP contribution in [-0.4, -0.2) is 23.3 Å². The summed E-state index contributed by atoms with van der Waals surface area (Å²) in [6.45, 7) is 0. The highest BCUT2D eigenvalue weighted by molar-refractivity contribution is 9.10. The molecular formula is C7H7BrF3N3S. The standard InChI is InChI=1S/C7H7BrF3N3S/c1-12-5-3(8)4(7(9,10)11)13-6(14-5)15-2/h1-2H3,(H,12,13,14). The minimum atomic E-state index is -4.49. The molecule has 84 valence electrons. The van der Waals surface area contributed by atoms with Gasteiger partial charge in [0.25, 0.3) is 0 Å². The maximum atomic E-state index is 12.5. The average molecular weight is 302 g/mol. The fourth-order valence-corrected chi connectivity index (χ4v) is 1.84. The topological polar surface area (TPSA) is 37.8 Å². The molecule has 0 fully saturated rings. The molecule has 0 saturated heterocycles. The molecule has 1 N–H and O–H groups in total. The van der Waals surface area contributed by atoms with Crippen LogP contribution in [0.4, 0.5) is 19.0 Å². The Morgan fingerprint density at radius 1 is 1.33 bits per heavy atom. The van der Waals surface area contributed by atoms with Gasteiger partial charge >= 0.3 is 6.18 Å². The van der Waals surface area contributed by atoms with Gasteiger partial charge in [-0.1, -0.05) is 11.8 Å². The number of thioether (sulfide) groups is 1. The van der Waals surface area contributed by atoms with E-state index in [2.05, 4.69) is 31.2 Å². The molecule has 8 heteroatoms. The van der Waals surface area contributed by atoms with Crippen molar-refractivity contribution in [2.24, 2.45) is 0 Å². The number of nitrogens with one attached hydrogen (secondary N) is 1. The third-order valence-electron chi connectivity index (χ3n) is 1.52. The van der Waals surface area contributed by atoms with Crippen molar-refractivity contribution in [3.05, 3.63) is 10.2 Å². The van der Waals surface area contributed by atoms with Crippen molar-refractivity contribution in [1.29, 1.82) is 0 Å². The van der Waals surface area contributed by atoms with Crippen molar-refractivity contribution in [2.45, 2.75) is 11.3 Å². The number of hydrogen-bond donors (Lipinski definition) is 1. The van der Waals surface area contributed by atoms with Crippen LogP contribution in [0.25, 0.3) is 0 Å². The van der Waals surface area contributed by atoms with E-state index in [9.17, 15) is 13.2 Å². The van der Waals surface area contributed by atoms with Crippen molar-refractivity contribution < 1.29 is 13.2 Å². The van der Waals surface area contributed by atoms with E-state index in [4.69, 9.17) is 0 Å². The number of hydrogen-bond acceptors (Lipinski definition) is 4.